The number of likely N-dealkylation sites (N-methyl/N-ethyl adjacent to an activating group) is 1. The maximum absolute atomic E-state index is 9.85. The third kappa shape index (κ3) is 5.72. The average Bonchev–Trinajstić information content (AvgIpc) is 3.40. The molecule has 7 heteroatoms. The van der Waals surface area contributed by atoms with Gasteiger partial charge in [0.2, 0.25) is 0 Å². The maximum atomic E-state index is 9.85. The largest absolute Gasteiger partial charge is 0.361 e. The molecule has 0 radical (unpaired) electrons. The summed E-state index contributed by atoms with van der Waals surface area (Å²) in [4.78, 5) is 10.1. The first-order chi connectivity index (χ1) is 18.0. The van der Waals surface area contributed by atoms with Crippen molar-refractivity contribution >= 4 is 46.4 Å². The average molecular weight is 509 g/mol. The number of anilines is 2. The number of aryl methyl sites for hydroxylation is 2. The summed E-state index contributed by atoms with van der Waals surface area (Å²) in [6.07, 6.45) is 7.78. The van der Waals surface area contributed by atoms with Gasteiger partial charge in [0.05, 0.1) is 11.3 Å². The van der Waals surface area contributed by atoms with E-state index in [-0.39, 0.29) is 0 Å². The molecule has 3 heterocycles. The normalized spacial score (nSPS) is 14.9. The highest BCUT2D eigenvalue weighted by Crippen LogP contribution is 2.32. The molecular formula is C30H32N6S. The van der Waals surface area contributed by atoms with Gasteiger partial charge in [-0.15, -0.1) is 0 Å². The highest BCUT2D eigenvalue weighted by Gasteiger charge is 2.15. The second kappa shape index (κ2) is 11.2. The van der Waals surface area contributed by atoms with Crippen molar-refractivity contribution in [1.29, 1.82) is 5.26 Å². The number of aromatic nitrogens is 2. The van der Waals surface area contributed by atoms with E-state index in [9.17, 15) is 5.26 Å². The Morgan fingerprint density at radius 3 is 2.76 bits per heavy atom. The van der Waals surface area contributed by atoms with Crippen molar-refractivity contribution in [3.63, 3.8) is 0 Å². The first kappa shape index (κ1) is 25.1. The monoisotopic (exact) mass is 508 g/mol. The van der Waals surface area contributed by atoms with E-state index >= 15 is 0 Å². The molecule has 1 aliphatic rings. The fourth-order valence-electron chi connectivity index (χ4n) is 4.65. The highest BCUT2D eigenvalue weighted by molar-refractivity contribution is 7.96. The lowest BCUT2D eigenvalue weighted by Gasteiger charge is -2.31. The van der Waals surface area contributed by atoms with E-state index in [0.717, 1.165) is 76.6 Å². The summed E-state index contributed by atoms with van der Waals surface area (Å²) >= 11 is 1.91. The van der Waals surface area contributed by atoms with Crippen LogP contribution in [0.25, 0.3) is 23.1 Å². The first-order valence-electron chi connectivity index (χ1n) is 12.6. The Balaban J connectivity index is 1.38. The van der Waals surface area contributed by atoms with E-state index in [1.54, 1.807) is 6.20 Å². The summed E-state index contributed by atoms with van der Waals surface area (Å²) in [7, 11) is 2.18. The van der Waals surface area contributed by atoms with E-state index in [1.165, 1.54) is 5.56 Å². The Hall–Kier alpha value is -3.57. The van der Waals surface area contributed by atoms with Gasteiger partial charge in [-0.05, 0) is 55.8 Å². The predicted molar refractivity (Wildman–Crippen MR) is 156 cm³/mol. The van der Waals surface area contributed by atoms with Crippen LogP contribution in [0.5, 0.6) is 0 Å². The molecule has 2 N–H and O–H groups in total. The van der Waals surface area contributed by atoms with Crippen molar-refractivity contribution in [2.24, 2.45) is 0 Å². The van der Waals surface area contributed by atoms with Crippen molar-refractivity contribution in [3.05, 3.63) is 88.4 Å². The zero-order valence-electron chi connectivity index (χ0n) is 21.6. The molecule has 4 aromatic rings. The fourth-order valence-corrected chi connectivity index (χ4v) is 5.58. The number of benzene rings is 2. The molecule has 2 aromatic carbocycles. The van der Waals surface area contributed by atoms with Crippen LogP contribution in [0.2, 0.25) is 0 Å². The van der Waals surface area contributed by atoms with Crippen LogP contribution < -0.4 is 5.32 Å². The molecule has 6 nitrogen and oxygen atoms in total. The lowest BCUT2D eigenvalue weighted by atomic mass is 10.0. The molecular weight excluding hydrogens is 476 g/mol. The lowest BCUT2D eigenvalue weighted by molar-refractivity contribution is 0.233. The van der Waals surface area contributed by atoms with Gasteiger partial charge in [-0.25, -0.2) is 4.31 Å². The highest BCUT2D eigenvalue weighted by atomic mass is 32.2. The lowest BCUT2D eigenvalue weighted by Crippen LogP contribution is -2.41. The van der Waals surface area contributed by atoms with Crippen LogP contribution in [-0.4, -0.2) is 52.4 Å². The maximum Gasteiger partial charge on any atom is 0.103 e. The summed E-state index contributed by atoms with van der Waals surface area (Å²) in [5.41, 5.74) is 8.76. The molecule has 1 aliphatic heterocycles. The smallest absolute Gasteiger partial charge is 0.103 e. The zero-order valence-corrected chi connectivity index (χ0v) is 22.4. The molecule has 0 saturated carbocycles. The Bertz CT molecular complexity index is 1470. The van der Waals surface area contributed by atoms with E-state index < -0.39 is 0 Å². The number of nitriles is 1. The van der Waals surface area contributed by atoms with Crippen LogP contribution in [0, 0.1) is 25.2 Å². The molecule has 188 valence electrons. The van der Waals surface area contributed by atoms with E-state index in [2.05, 4.69) is 99.1 Å². The van der Waals surface area contributed by atoms with Crippen LogP contribution >= 0.6 is 11.9 Å². The molecule has 0 bridgehead atoms. The summed E-state index contributed by atoms with van der Waals surface area (Å²) in [5.74, 6) is 0.962. The van der Waals surface area contributed by atoms with Gasteiger partial charge < -0.3 is 15.2 Å². The first-order valence-corrected chi connectivity index (χ1v) is 13.5. The summed E-state index contributed by atoms with van der Waals surface area (Å²) in [5, 5.41) is 14.6. The van der Waals surface area contributed by atoms with Crippen LogP contribution in [0.3, 0.4) is 0 Å². The van der Waals surface area contributed by atoms with Gasteiger partial charge in [0.25, 0.3) is 0 Å². The van der Waals surface area contributed by atoms with Crippen LogP contribution in [0.4, 0.5) is 11.4 Å². The predicted octanol–water partition coefficient (Wildman–Crippen LogP) is 6.36. The van der Waals surface area contributed by atoms with Gasteiger partial charge in [0.1, 0.15) is 6.07 Å². The van der Waals surface area contributed by atoms with Gasteiger partial charge in [0.15, 0.2) is 0 Å². The molecule has 2 aromatic heterocycles. The topological polar surface area (TPSA) is 71.0 Å². The summed E-state index contributed by atoms with van der Waals surface area (Å²) < 4.78 is 2.47. The Morgan fingerprint density at radius 2 is 1.95 bits per heavy atom. The minimum absolute atomic E-state index is 0.524. The van der Waals surface area contributed by atoms with E-state index in [0.29, 0.717) is 5.56 Å². The van der Waals surface area contributed by atoms with Crippen molar-refractivity contribution in [2.75, 3.05) is 38.5 Å². The van der Waals surface area contributed by atoms with Gasteiger partial charge in [-0.3, -0.25) is 4.98 Å². The Labute approximate surface area is 223 Å². The van der Waals surface area contributed by atoms with Crippen molar-refractivity contribution < 1.29 is 0 Å². The molecule has 0 spiro atoms. The van der Waals surface area contributed by atoms with Crippen LogP contribution in [-0.2, 0) is 5.75 Å². The summed E-state index contributed by atoms with van der Waals surface area (Å²) in [6, 6.07) is 17.2. The third-order valence-electron chi connectivity index (χ3n) is 6.97. The standard InChI is InChI=1S/C30H32N6S/c1-21-26-11-12-32-29(26)10-9-28(21)34-30-25(18-31)19-33-22(2)27(30)8-7-23-5-4-6-24(17-23)20-37-36-15-13-35(3)14-16-36/h4-12,17,19,32H,13-16,20H2,1-3H3,(H,33,34)/b8-7+. The molecule has 5 rings (SSSR count). The minimum atomic E-state index is 0.524. The molecule has 0 amide bonds. The quantitative estimate of drug-likeness (QED) is 0.283. The number of hydrogen-bond donors (Lipinski definition) is 2. The van der Waals surface area contributed by atoms with Gasteiger partial charge in [-0.1, -0.05) is 48.4 Å². The molecule has 0 aliphatic carbocycles. The SMILES string of the molecule is Cc1ncc(C#N)c(Nc2ccc3[nH]ccc3c2C)c1/C=C/c1cccc(CSN2CCN(C)CC2)c1. The Kier molecular flexibility index (Phi) is 7.61. The molecule has 1 saturated heterocycles. The Morgan fingerprint density at radius 1 is 1.11 bits per heavy atom. The number of piperazine rings is 1. The van der Waals surface area contributed by atoms with Crippen molar-refractivity contribution in [2.45, 2.75) is 19.6 Å². The van der Waals surface area contributed by atoms with Gasteiger partial charge in [0, 0.05) is 72.2 Å². The number of rotatable bonds is 7. The number of hydrogen-bond acceptors (Lipinski definition) is 6. The van der Waals surface area contributed by atoms with Gasteiger partial charge >= 0.3 is 0 Å². The fraction of sp³-hybridized carbons (Fsp3) is 0.267. The second-order valence-corrected chi connectivity index (χ2v) is 10.6. The number of fused-ring (bicyclic) bond motifs is 1. The number of nitrogens with one attached hydrogen (secondary N) is 2. The molecule has 37 heavy (non-hydrogen) atoms. The van der Waals surface area contributed by atoms with E-state index in [1.807, 2.05) is 25.1 Å². The summed E-state index contributed by atoms with van der Waals surface area (Å²) in [6.45, 7) is 8.54. The van der Waals surface area contributed by atoms with Crippen LogP contribution in [0.1, 0.15) is 33.5 Å². The third-order valence-corrected chi connectivity index (χ3v) is 8.16. The molecule has 0 atom stereocenters. The van der Waals surface area contributed by atoms with Gasteiger partial charge in [-0.2, -0.15) is 5.26 Å². The van der Waals surface area contributed by atoms with Crippen molar-refractivity contribution in [3.8, 4) is 6.07 Å². The van der Waals surface area contributed by atoms with E-state index in [4.69, 9.17) is 0 Å². The number of H-pyrrole nitrogens is 1. The molecule has 1 fully saturated rings. The number of pyridine rings is 1. The minimum Gasteiger partial charge on any atom is -0.361 e. The van der Waals surface area contributed by atoms with Crippen LogP contribution in [0.15, 0.2) is 54.9 Å². The second-order valence-electron chi connectivity index (χ2n) is 9.54. The molecule has 0 unspecified atom stereocenters. The number of nitrogens with zero attached hydrogens (tertiary/aromatic N) is 4. The zero-order chi connectivity index (χ0) is 25.8. The number of aromatic amines is 1. The van der Waals surface area contributed by atoms with Crippen molar-refractivity contribution in [1.82, 2.24) is 19.2 Å².